The molecule has 1 fully saturated rings. The Labute approximate surface area is 247 Å². The lowest BCUT2D eigenvalue weighted by molar-refractivity contribution is 0.288. The molecule has 0 amide bonds. The van der Waals surface area contributed by atoms with Crippen LogP contribution in [0.2, 0.25) is 0 Å². The predicted molar refractivity (Wildman–Crippen MR) is 160 cm³/mol. The summed E-state index contributed by atoms with van der Waals surface area (Å²) in [6, 6.07) is 13.3. The molecule has 0 saturated heterocycles. The molecule has 10 nitrogen and oxygen atoms in total. The maximum absolute atomic E-state index is 12.6. The largest absolute Gasteiger partial charge is 0.496 e. The van der Waals surface area contributed by atoms with E-state index in [-0.39, 0.29) is 17.2 Å². The van der Waals surface area contributed by atoms with Gasteiger partial charge in [-0.3, -0.25) is 0 Å². The second kappa shape index (κ2) is 13.1. The van der Waals surface area contributed by atoms with Crippen LogP contribution in [0.25, 0.3) is 22.3 Å². The summed E-state index contributed by atoms with van der Waals surface area (Å²) in [7, 11) is -4.73. The van der Waals surface area contributed by atoms with Gasteiger partial charge in [-0.1, -0.05) is 31.5 Å². The Bertz CT molecular complexity index is 1610. The zero-order valence-electron chi connectivity index (χ0n) is 24.3. The van der Waals surface area contributed by atoms with Gasteiger partial charge in [0.1, 0.15) is 11.5 Å². The SMILES string of the molecule is CCCCOc1ccc(-c2c(OC)cc(-c3ccc(OS(C)(=O)=O)cc3)c(OCC3CC3)c2OS(C)(=O)=O)cc1OC. The molecule has 3 aromatic carbocycles. The number of methoxy groups -OCH3 is 2. The fraction of sp³-hybridized carbons (Fsp3) is 0.400. The van der Waals surface area contributed by atoms with Gasteiger partial charge in [0.2, 0.25) is 0 Å². The normalized spacial score (nSPS) is 13.4. The van der Waals surface area contributed by atoms with Gasteiger partial charge in [-0.15, -0.1) is 0 Å². The highest BCUT2D eigenvalue weighted by atomic mass is 32.2. The number of rotatable bonds is 15. The Hall–Kier alpha value is -3.64. The van der Waals surface area contributed by atoms with E-state index >= 15 is 0 Å². The van der Waals surface area contributed by atoms with Crippen molar-refractivity contribution in [2.45, 2.75) is 32.6 Å². The lowest BCUT2D eigenvalue weighted by Gasteiger charge is -2.22. The molecule has 1 aliphatic carbocycles. The van der Waals surface area contributed by atoms with Gasteiger partial charge in [0.25, 0.3) is 0 Å². The van der Waals surface area contributed by atoms with Crippen LogP contribution in [-0.2, 0) is 20.2 Å². The van der Waals surface area contributed by atoms with Gasteiger partial charge in [-0.05, 0) is 66.6 Å². The highest BCUT2D eigenvalue weighted by Crippen LogP contribution is 2.52. The standard InChI is InChI=1S/C30H36O10S2/c1-6-7-16-37-25-15-12-22(17-26(25)35-2)28-27(36-3)18-24(21-10-13-23(14-11-21)39-41(4,31)32)29(38-19-20-8-9-20)30(28)40-42(5,33)34/h10-15,17-18,20H,6-9,16,19H2,1-5H3. The summed E-state index contributed by atoms with van der Waals surface area (Å²) in [6.45, 7) is 2.96. The molecule has 0 spiro atoms. The van der Waals surface area contributed by atoms with Gasteiger partial charge >= 0.3 is 20.2 Å². The predicted octanol–water partition coefficient (Wildman–Crippen LogP) is 5.68. The number of benzene rings is 3. The first-order chi connectivity index (χ1) is 19.9. The summed E-state index contributed by atoms with van der Waals surface area (Å²) in [5.74, 6) is 1.98. The Kier molecular flexibility index (Phi) is 9.78. The van der Waals surface area contributed by atoms with Crippen LogP contribution in [0.15, 0.2) is 48.5 Å². The summed E-state index contributed by atoms with van der Waals surface area (Å²) in [5, 5.41) is 0. The van der Waals surface area contributed by atoms with Crippen LogP contribution in [0.5, 0.6) is 34.5 Å². The zero-order chi connectivity index (χ0) is 30.5. The molecule has 0 heterocycles. The first-order valence-corrected chi connectivity index (χ1v) is 17.1. The number of hydrogen-bond donors (Lipinski definition) is 0. The summed E-state index contributed by atoms with van der Waals surface area (Å²) in [4.78, 5) is 0. The van der Waals surface area contributed by atoms with Gasteiger partial charge < -0.3 is 27.3 Å². The summed E-state index contributed by atoms with van der Waals surface area (Å²) in [5.41, 5.74) is 2.01. The molecule has 0 atom stereocenters. The lowest BCUT2D eigenvalue weighted by atomic mass is 9.96. The first-order valence-electron chi connectivity index (χ1n) is 13.5. The molecule has 1 aliphatic rings. The second-order valence-electron chi connectivity index (χ2n) is 10.1. The molecule has 0 bridgehead atoms. The molecule has 1 saturated carbocycles. The van der Waals surface area contributed by atoms with E-state index in [4.69, 9.17) is 27.3 Å². The Balaban J connectivity index is 1.92. The number of unbranched alkanes of at least 4 members (excludes halogenated alkanes) is 1. The van der Waals surface area contributed by atoms with Gasteiger partial charge in [-0.2, -0.15) is 16.8 Å². The van der Waals surface area contributed by atoms with Crippen LogP contribution in [-0.4, -0.2) is 56.8 Å². The average molecular weight is 621 g/mol. The smallest absolute Gasteiger partial charge is 0.306 e. The third-order valence-corrected chi connectivity index (χ3v) is 7.40. The van der Waals surface area contributed by atoms with E-state index in [1.54, 1.807) is 36.4 Å². The minimum Gasteiger partial charge on any atom is -0.496 e. The number of ether oxygens (including phenoxy) is 4. The fourth-order valence-corrected chi connectivity index (χ4v) is 5.18. The van der Waals surface area contributed by atoms with Crippen molar-refractivity contribution in [2.75, 3.05) is 39.9 Å². The monoisotopic (exact) mass is 620 g/mol. The van der Waals surface area contributed by atoms with E-state index in [0.29, 0.717) is 58.6 Å². The van der Waals surface area contributed by atoms with Gasteiger partial charge in [0, 0.05) is 5.56 Å². The minimum absolute atomic E-state index is 0.0364. The van der Waals surface area contributed by atoms with Crippen LogP contribution in [0, 0.1) is 5.92 Å². The van der Waals surface area contributed by atoms with Gasteiger partial charge in [0.05, 0.1) is 45.5 Å². The maximum Gasteiger partial charge on any atom is 0.306 e. The van der Waals surface area contributed by atoms with E-state index in [0.717, 1.165) is 38.2 Å². The maximum atomic E-state index is 12.6. The first kappa shape index (κ1) is 31.3. The molecule has 228 valence electrons. The van der Waals surface area contributed by atoms with E-state index in [2.05, 4.69) is 6.92 Å². The molecular formula is C30H36O10S2. The summed E-state index contributed by atoms with van der Waals surface area (Å²) < 4.78 is 82.5. The molecule has 3 aromatic rings. The molecule has 0 unspecified atom stereocenters. The van der Waals surface area contributed by atoms with Crippen LogP contribution in [0.3, 0.4) is 0 Å². The third kappa shape index (κ3) is 8.22. The van der Waals surface area contributed by atoms with E-state index < -0.39 is 20.2 Å². The van der Waals surface area contributed by atoms with Crippen molar-refractivity contribution in [1.29, 1.82) is 0 Å². The van der Waals surface area contributed by atoms with Crippen LogP contribution in [0.1, 0.15) is 32.6 Å². The van der Waals surface area contributed by atoms with Crippen molar-refractivity contribution < 1.29 is 44.1 Å². The second-order valence-corrected chi connectivity index (χ2v) is 13.2. The molecule has 12 heteroatoms. The fourth-order valence-electron chi connectivity index (χ4n) is 4.26. The molecule has 0 radical (unpaired) electrons. The molecule has 0 aliphatic heterocycles. The number of hydrogen-bond acceptors (Lipinski definition) is 10. The lowest BCUT2D eigenvalue weighted by Crippen LogP contribution is -2.11. The Morgan fingerprint density at radius 3 is 1.95 bits per heavy atom. The van der Waals surface area contributed by atoms with Crippen molar-refractivity contribution in [3.05, 3.63) is 48.5 Å². The molecule has 0 aromatic heterocycles. The Morgan fingerprint density at radius 1 is 0.738 bits per heavy atom. The van der Waals surface area contributed by atoms with Crippen molar-refractivity contribution in [2.24, 2.45) is 5.92 Å². The van der Waals surface area contributed by atoms with Crippen LogP contribution < -0.4 is 27.3 Å². The van der Waals surface area contributed by atoms with Crippen molar-refractivity contribution >= 4 is 20.2 Å². The van der Waals surface area contributed by atoms with Crippen molar-refractivity contribution in [1.82, 2.24) is 0 Å². The van der Waals surface area contributed by atoms with Crippen molar-refractivity contribution in [3.63, 3.8) is 0 Å². The average Bonchev–Trinajstić information content (AvgIpc) is 3.75. The van der Waals surface area contributed by atoms with E-state index in [1.807, 2.05) is 0 Å². The summed E-state index contributed by atoms with van der Waals surface area (Å²) in [6.07, 6.45) is 5.80. The highest BCUT2D eigenvalue weighted by molar-refractivity contribution is 7.86. The van der Waals surface area contributed by atoms with Crippen LogP contribution >= 0.6 is 0 Å². The molecule has 0 N–H and O–H groups in total. The van der Waals surface area contributed by atoms with Gasteiger partial charge in [-0.25, -0.2) is 0 Å². The van der Waals surface area contributed by atoms with E-state index in [9.17, 15) is 16.8 Å². The molecular weight excluding hydrogens is 584 g/mol. The van der Waals surface area contributed by atoms with Crippen molar-refractivity contribution in [3.8, 4) is 56.8 Å². The Morgan fingerprint density at radius 2 is 1.38 bits per heavy atom. The molecule has 42 heavy (non-hydrogen) atoms. The quantitative estimate of drug-likeness (QED) is 0.155. The van der Waals surface area contributed by atoms with Crippen LogP contribution in [0.4, 0.5) is 0 Å². The molecule has 4 rings (SSSR count). The summed E-state index contributed by atoms with van der Waals surface area (Å²) >= 11 is 0. The minimum atomic E-state index is -4.02. The highest BCUT2D eigenvalue weighted by Gasteiger charge is 2.29. The van der Waals surface area contributed by atoms with E-state index in [1.165, 1.54) is 26.4 Å². The zero-order valence-corrected chi connectivity index (χ0v) is 26.0. The topological polar surface area (TPSA) is 124 Å². The van der Waals surface area contributed by atoms with Gasteiger partial charge in [0.15, 0.2) is 23.0 Å². The third-order valence-electron chi connectivity index (χ3n) is 6.44.